The van der Waals surface area contributed by atoms with Crippen LogP contribution in [0, 0.1) is 17.2 Å². The van der Waals surface area contributed by atoms with Crippen LogP contribution in [0.3, 0.4) is 0 Å². The zero-order valence-corrected chi connectivity index (χ0v) is 21.1. The van der Waals surface area contributed by atoms with E-state index in [0.29, 0.717) is 36.3 Å². The molecule has 3 saturated carbocycles. The van der Waals surface area contributed by atoms with Gasteiger partial charge in [0.1, 0.15) is 0 Å². The van der Waals surface area contributed by atoms with Crippen LogP contribution in [0.25, 0.3) is 10.9 Å². The molecule has 3 fully saturated rings. The summed E-state index contributed by atoms with van der Waals surface area (Å²) in [6.45, 7) is 1.03. The Morgan fingerprint density at radius 2 is 1.66 bits per heavy atom. The smallest absolute Gasteiger partial charge is 0.248 e. The molecule has 3 aliphatic carbocycles. The van der Waals surface area contributed by atoms with Gasteiger partial charge in [-0.1, -0.05) is 38.5 Å². The molecule has 0 bridgehead atoms. The van der Waals surface area contributed by atoms with Crippen molar-refractivity contribution in [2.45, 2.75) is 120 Å². The molecule has 3 nitrogen and oxygen atoms in total. The lowest BCUT2D eigenvalue weighted by Crippen LogP contribution is -2.33. The first-order valence-electron chi connectivity index (χ1n) is 14.2. The van der Waals surface area contributed by atoms with E-state index in [0.717, 1.165) is 18.5 Å². The van der Waals surface area contributed by atoms with Crippen molar-refractivity contribution < 1.29 is 8.78 Å². The Kier molecular flexibility index (Phi) is 7.77. The minimum Gasteiger partial charge on any atom is -0.344 e. The number of nitriles is 1. The largest absolute Gasteiger partial charge is 0.344 e. The van der Waals surface area contributed by atoms with Crippen LogP contribution in [0.2, 0.25) is 0 Å². The third kappa shape index (κ3) is 5.74. The Bertz CT molecular complexity index is 1010. The van der Waals surface area contributed by atoms with Gasteiger partial charge in [0.05, 0.1) is 11.6 Å². The molecule has 1 aromatic heterocycles. The Labute approximate surface area is 209 Å². The summed E-state index contributed by atoms with van der Waals surface area (Å²) in [6, 6.07) is 9.11. The van der Waals surface area contributed by atoms with E-state index < -0.39 is 5.92 Å². The minimum absolute atomic E-state index is 0.0275. The fourth-order valence-electron chi connectivity index (χ4n) is 7.18. The van der Waals surface area contributed by atoms with Gasteiger partial charge in [-0.25, -0.2) is 8.78 Å². The second-order valence-corrected chi connectivity index (χ2v) is 11.5. The van der Waals surface area contributed by atoms with Crippen LogP contribution in [0.1, 0.15) is 119 Å². The summed E-state index contributed by atoms with van der Waals surface area (Å²) in [5.41, 5.74) is 3.16. The lowest BCUT2D eigenvalue weighted by Gasteiger charge is -2.32. The monoisotopic (exact) mass is 481 g/mol. The van der Waals surface area contributed by atoms with E-state index in [4.69, 9.17) is 0 Å². The van der Waals surface area contributed by atoms with E-state index in [-0.39, 0.29) is 18.9 Å². The number of benzene rings is 1. The number of nitrogens with zero attached hydrogens (tertiary/aromatic N) is 2. The zero-order chi connectivity index (χ0) is 24.3. The van der Waals surface area contributed by atoms with Gasteiger partial charge < -0.3 is 9.88 Å². The van der Waals surface area contributed by atoms with Gasteiger partial charge in [0, 0.05) is 42.0 Å². The minimum atomic E-state index is -2.52. The molecule has 35 heavy (non-hydrogen) atoms. The number of halogens is 2. The number of fused-ring (bicyclic) bond motifs is 1. The highest BCUT2D eigenvalue weighted by molar-refractivity contribution is 5.86. The predicted octanol–water partition coefficient (Wildman–Crippen LogP) is 8.24. The van der Waals surface area contributed by atoms with E-state index in [9.17, 15) is 14.0 Å². The highest BCUT2D eigenvalue weighted by atomic mass is 19.3. The van der Waals surface area contributed by atoms with E-state index in [1.807, 2.05) is 6.07 Å². The molecule has 1 atom stereocenters. The SMILES string of the molecule is N#Cc1ccc2c(c1)c(C(CCNC1CCCCC1)C1CCCCC1)cn2C1CCC(F)(F)CC1. The van der Waals surface area contributed by atoms with Gasteiger partial charge in [0.25, 0.3) is 0 Å². The lowest BCUT2D eigenvalue weighted by atomic mass is 9.75. The van der Waals surface area contributed by atoms with Crippen molar-refractivity contribution in [2.75, 3.05) is 6.54 Å². The maximum atomic E-state index is 13.9. The van der Waals surface area contributed by atoms with E-state index in [1.165, 1.54) is 75.2 Å². The molecule has 0 amide bonds. The molecule has 1 unspecified atom stereocenters. The highest BCUT2D eigenvalue weighted by Gasteiger charge is 2.36. The molecule has 1 heterocycles. The van der Waals surface area contributed by atoms with Gasteiger partial charge in [-0.05, 0) is 87.1 Å². The third-order valence-electron chi connectivity index (χ3n) is 9.18. The first-order valence-corrected chi connectivity index (χ1v) is 14.2. The van der Waals surface area contributed by atoms with Gasteiger partial charge >= 0.3 is 0 Å². The van der Waals surface area contributed by atoms with Crippen molar-refractivity contribution in [1.29, 1.82) is 5.26 Å². The van der Waals surface area contributed by atoms with Crippen LogP contribution in [-0.4, -0.2) is 23.1 Å². The fraction of sp³-hybridized carbons (Fsp3) is 0.700. The first-order chi connectivity index (χ1) is 17.0. The molecular formula is C30H41F2N3. The van der Waals surface area contributed by atoms with Gasteiger partial charge in [0.15, 0.2) is 0 Å². The van der Waals surface area contributed by atoms with E-state index in [2.05, 4.69) is 34.3 Å². The van der Waals surface area contributed by atoms with Crippen LogP contribution in [0.4, 0.5) is 8.78 Å². The Hall–Kier alpha value is -1.93. The Balaban J connectivity index is 1.45. The van der Waals surface area contributed by atoms with Crippen molar-refractivity contribution in [3.63, 3.8) is 0 Å². The van der Waals surface area contributed by atoms with Crippen LogP contribution in [-0.2, 0) is 0 Å². The average Bonchev–Trinajstić information content (AvgIpc) is 3.26. The van der Waals surface area contributed by atoms with Crippen molar-refractivity contribution in [1.82, 2.24) is 9.88 Å². The van der Waals surface area contributed by atoms with Crippen LogP contribution < -0.4 is 5.32 Å². The number of hydrogen-bond donors (Lipinski definition) is 1. The number of alkyl halides is 2. The van der Waals surface area contributed by atoms with Crippen LogP contribution in [0.15, 0.2) is 24.4 Å². The lowest BCUT2D eigenvalue weighted by molar-refractivity contribution is -0.0435. The Morgan fingerprint density at radius 1 is 0.971 bits per heavy atom. The molecule has 1 N–H and O–H groups in total. The third-order valence-corrected chi connectivity index (χ3v) is 9.18. The van der Waals surface area contributed by atoms with Gasteiger partial charge in [-0.2, -0.15) is 5.26 Å². The summed E-state index contributed by atoms with van der Waals surface area (Å²) in [7, 11) is 0. The zero-order valence-electron chi connectivity index (χ0n) is 21.1. The quantitative estimate of drug-likeness (QED) is 0.432. The Morgan fingerprint density at radius 3 is 2.34 bits per heavy atom. The van der Waals surface area contributed by atoms with Crippen molar-refractivity contribution >= 4 is 10.9 Å². The molecule has 0 radical (unpaired) electrons. The summed E-state index contributed by atoms with van der Waals surface area (Å²) in [4.78, 5) is 0. The van der Waals surface area contributed by atoms with E-state index in [1.54, 1.807) is 0 Å². The van der Waals surface area contributed by atoms with Gasteiger partial charge in [-0.15, -0.1) is 0 Å². The van der Waals surface area contributed by atoms with Crippen molar-refractivity contribution in [3.8, 4) is 6.07 Å². The van der Waals surface area contributed by atoms with Gasteiger partial charge in [-0.3, -0.25) is 0 Å². The normalized spacial score (nSPS) is 23.3. The van der Waals surface area contributed by atoms with Crippen LogP contribution in [0.5, 0.6) is 0 Å². The number of nitrogens with one attached hydrogen (secondary N) is 1. The second kappa shape index (κ2) is 11.0. The van der Waals surface area contributed by atoms with Crippen molar-refractivity contribution in [3.05, 3.63) is 35.5 Å². The van der Waals surface area contributed by atoms with Crippen LogP contribution >= 0.6 is 0 Å². The molecule has 0 saturated heterocycles. The standard InChI is InChI=1S/C30H41F2N3/c31-30(32)16-13-25(14-17-30)35-21-28(27-19-22(20-33)11-12-29(27)35)26(23-7-3-1-4-8-23)15-18-34-24-9-5-2-6-10-24/h11-12,19,21,23-26,34H,1-10,13-18H2. The molecule has 1 aromatic carbocycles. The summed E-state index contributed by atoms with van der Waals surface area (Å²) in [5.74, 6) is -1.41. The number of aromatic nitrogens is 1. The summed E-state index contributed by atoms with van der Waals surface area (Å²) < 4.78 is 30.1. The van der Waals surface area contributed by atoms with E-state index >= 15 is 0 Å². The predicted molar refractivity (Wildman–Crippen MR) is 138 cm³/mol. The maximum absolute atomic E-state index is 13.9. The molecule has 5 rings (SSSR count). The molecule has 0 spiro atoms. The number of rotatable bonds is 7. The van der Waals surface area contributed by atoms with Crippen molar-refractivity contribution in [2.24, 2.45) is 5.92 Å². The summed E-state index contributed by atoms with van der Waals surface area (Å²) >= 11 is 0. The molecule has 5 heteroatoms. The highest BCUT2D eigenvalue weighted by Crippen LogP contribution is 2.45. The molecular weight excluding hydrogens is 440 g/mol. The average molecular weight is 482 g/mol. The first kappa shape index (κ1) is 24.8. The molecule has 3 aliphatic rings. The van der Waals surface area contributed by atoms with Gasteiger partial charge in [0.2, 0.25) is 5.92 Å². The second-order valence-electron chi connectivity index (χ2n) is 11.5. The summed E-state index contributed by atoms with van der Waals surface area (Å²) in [5, 5.41) is 14.7. The summed E-state index contributed by atoms with van der Waals surface area (Å²) in [6.07, 6.45) is 17.5. The maximum Gasteiger partial charge on any atom is 0.248 e. The fourth-order valence-corrected chi connectivity index (χ4v) is 7.18. The topological polar surface area (TPSA) is 40.8 Å². The molecule has 0 aliphatic heterocycles. The molecule has 190 valence electrons. The number of hydrogen-bond acceptors (Lipinski definition) is 2. The molecule has 2 aromatic rings.